The Hall–Kier alpha value is -3.25. The van der Waals surface area contributed by atoms with E-state index in [1.807, 2.05) is 0 Å². The van der Waals surface area contributed by atoms with Gasteiger partial charge in [0.05, 0.1) is 0 Å². The van der Waals surface area contributed by atoms with Crippen molar-refractivity contribution in [3.63, 3.8) is 0 Å². The van der Waals surface area contributed by atoms with Crippen molar-refractivity contribution in [1.29, 1.82) is 0 Å². The first-order valence-electron chi connectivity index (χ1n) is 14.6. The molecule has 6 heteroatoms. The molecule has 0 saturated heterocycles. The van der Waals surface area contributed by atoms with E-state index in [9.17, 15) is 0 Å². The zero-order valence-corrected chi connectivity index (χ0v) is 29.2. The normalized spacial score (nSPS) is 10.9. The molecule has 6 aromatic rings. The van der Waals surface area contributed by atoms with Gasteiger partial charge < -0.3 is 5.11 Å². The first kappa shape index (κ1) is 36.2. The molecule has 0 amide bonds. The molecule has 0 aliphatic carbocycles. The van der Waals surface area contributed by atoms with Crippen molar-refractivity contribution in [2.24, 2.45) is 0 Å². The fourth-order valence-electron chi connectivity index (χ4n) is 4.43. The van der Waals surface area contributed by atoms with E-state index in [1.165, 1.54) is 31.8 Å². The maximum absolute atomic E-state index is 8.19. The Morgan fingerprint density at radius 3 is 0.711 bits per heavy atom. The van der Waals surface area contributed by atoms with Crippen LogP contribution in [-0.4, -0.2) is 16.7 Å². The van der Waals surface area contributed by atoms with Crippen LogP contribution >= 0.6 is 15.8 Å². The molecule has 6 aromatic carbocycles. The molecule has 0 aliphatic heterocycles. The van der Waals surface area contributed by atoms with Crippen molar-refractivity contribution in [3.05, 3.63) is 182 Å². The predicted octanol–water partition coefficient (Wildman–Crippen LogP) is 7.09. The summed E-state index contributed by atoms with van der Waals surface area (Å²) in [5.41, 5.74) is 0. The van der Waals surface area contributed by atoms with E-state index in [-0.39, 0.29) is 21.1 Å². The Morgan fingerprint density at radius 1 is 0.422 bits per heavy atom. The summed E-state index contributed by atoms with van der Waals surface area (Å²) in [7, 11) is -0.892. The maximum atomic E-state index is 8.19. The molecule has 0 spiro atoms. The minimum atomic E-state index is -1.01. The molecule has 1 atom stereocenters. The fraction of sp³-hybridized carbons (Fsp3) is 0.0769. The summed E-state index contributed by atoms with van der Waals surface area (Å²) in [6.07, 6.45) is -0.596. The number of benzene rings is 6. The molecule has 0 heterocycles. The summed E-state index contributed by atoms with van der Waals surface area (Å²) in [6, 6.07) is 64.7. The third-order valence-corrected chi connectivity index (χ3v) is 11.4. The zero-order chi connectivity index (χ0) is 30.8. The van der Waals surface area contributed by atoms with Crippen LogP contribution in [0.2, 0.25) is 0 Å². The average molecular weight is 812 g/mol. The number of hydrogen-bond donors (Lipinski definition) is 2. The van der Waals surface area contributed by atoms with Crippen molar-refractivity contribution in [3.8, 4) is 0 Å². The summed E-state index contributed by atoms with van der Waals surface area (Å²) >= 11 is 0. The van der Waals surface area contributed by atoms with E-state index >= 15 is 0 Å². The predicted molar refractivity (Wildman–Crippen MR) is 190 cm³/mol. The van der Waals surface area contributed by atoms with Crippen LogP contribution in [0.5, 0.6) is 0 Å². The molecule has 1 unspecified atom stereocenters. The van der Waals surface area contributed by atoms with Gasteiger partial charge in [-0.2, -0.15) is 0 Å². The molecule has 0 bridgehead atoms. The summed E-state index contributed by atoms with van der Waals surface area (Å²) < 4.78 is 0. The molecule has 0 aliphatic rings. The number of hydrogen-bond acceptors (Lipinski definition) is 3. The van der Waals surface area contributed by atoms with Gasteiger partial charge >= 0.3 is 0 Å². The van der Waals surface area contributed by atoms with Gasteiger partial charge in [0, 0.05) is 21.1 Å². The van der Waals surface area contributed by atoms with E-state index < -0.39 is 22.1 Å². The van der Waals surface area contributed by atoms with Crippen molar-refractivity contribution in [2.75, 3.05) is 0 Å². The molecule has 0 radical (unpaired) electrons. The Kier molecular flexibility index (Phi) is 16.7. The molecule has 0 fully saturated rings. The van der Waals surface area contributed by atoms with Crippen LogP contribution in [0.3, 0.4) is 0 Å². The SMILES string of the molecule is CCC(O)OO.[Pt].c1ccc(P(c2ccccc2)c2ccccc2)cc1.c1ccc(P(c2ccccc2)c2ccccc2)cc1. The Bertz CT molecular complexity index is 1270. The molecular formula is C39H38O3P2Pt. The van der Waals surface area contributed by atoms with Gasteiger partial charge in [-0.05, 0) is 54.1 Å². The van der Waals surface area contributed by atoms with E-state index in [4.69, 9.17) is 10.4 Å². The third kappa shape index (κ3) is 11.6. The van der Waals surface area contributed by atoms with Crippen molar-refractivity contribution < 1.29 is 36.3 Å². The maximum Gasteiger partial charge on any atom is 0.188 e. The van der Waals surface area contributed by atoms with Crippen LogP contribution in [0.15, 0.2) is 182 Å². The van der Waals surface area contributed by atoms with Crippen LogP contribution in [-0.2, 0) is 26.0 Å². The van der Waals surface area contributed by atoms with Gasteiger partial charge in [-0.15, -0.1) is 0 Å². The minimum absolute atomic E-state index is 0. The van der Waals surface area contributed by atoms with E-state index in [0.717, 1.165) is 0 Å². The standard InChI is InChI=1S/2C18H15P.C3H8O3.Pt/c2*1-4-10-16(11-5-1)19(17-12-6-2-7-13-17)18-14-8-3-9-15-18;1-2-3(4)6-5;/h2*1-15H;3-5H,2H2,1H3;. The summed E-state index contributed by atoms with van der Waals surface area (Å²) in [4.78, 5) is 3.45. The monoisotopic (exact) mass is 811 g/mol. The third-order valence-electron chi connectivity index (χ3n) is 6.56. The smallest absolute Gasteiger partial charge is 0.188 e. The van der Waals surface area contributed by atoms with Gasteiger partial charge in [-0.25, -0.2) is 10.1 Å². The first-order chi connectivity index (χ1) is 21.7. The van der Waals surface area contributed by atoms with Crippen molar-refractivity contribution in [1.82, 2.24) is 0 Å². The van der Waals surface area contributed by atoms with Gasteiger partial charge in [0.1, 0.15) is 0 Å². The van der Waals surface area contributed by atoms with E-state index in [2.05, 4.69) is 187 Å². The Labute approximate surface area is 284 Å². The van der Waals surface area contributed by atoms with Crippen LogP contribution in [0.1, 0.15) is 13.3 Å². The average Bonchev–Trinajstić information content (AvgIpc) is 3.11. The van der Waals surface area contributed by atoms with Gasteiger partial charge in [0.2, 0.25) is 0 Å². The van der Waals surface area contributed by atoms with Gasteiger partial charge in [0.15, 0.2) is 6.29 Å². The molecule has 232 valence electrons. The van der Waals surface area contributed by atoms with Gasteiger partial charge in [-0.3, -0.25) is 0 Å². The van der Waals surface area contributed by atoms with Gasteiger partial charge in [-0.1, -0.05) is 189 Å². The zero-order valence-electron chi connectivity index (χ0n) is 25.1. The van der Waals surface area contributed by atoms with Crippen LogP contribution in [0.4, 0.5) is 0 Å². The number of aliphatic hydroxyl groups is 1. The largest absolute Gasteiger partial charge is 0.366 e. The van der Waals surface area contributed by atoms with Crippen LogP contribution in [0.25, 0.3) is 0 Å². The first-order valence-corrected chi connectivity index (χ1v) is 17.3. The minimum Gasteiger partial charge on any atom is -0.366 e. The second-order valence-electron chi connectivity index (χ2n) is 9.65. The Balaban J connectivity index is 0.000000205. The number of aliphatic hydroxyl groups excluding tert-OH is 1. The van der Waals surface area contributed by atoms with Crippen LogP contribution < -0.4 is 31.8 Å². The molecular weight excluding hydrogens is 773 g/mol. The molecule has 45 heavy (non-hydrogen) atoms. The second kappa shape index (κ2) is 20.7. The summed E-state index contributed by atoms with van der Waals surface area (Å²) in [5.74, 6) is 0. The topological polar surface area (TPSA) is 49.7 Å². The van der Waals surface area contributed by atoms with E-state index in [1.54, 1.807) is 6.92 Å². The van der Waals surface area contributed by atoms with Crippen LogP contribution in [0, 0.1) is 0 Å². The van der Waals surface area contributed by atoms with Crippen molar-refractivity contribution >= 4 is 47.7 Å². The van der Waals surface area contributed by atoms with Crippen molar-refractivity contribution in [2.45, 2.75) is 19.6 Å². The molecule has 0 saturated carbocycles. The fourth-order valence-corrected chi connectivity index (χ4v) is 9.04. The number of rotatable bonds is 8. The molecule has 2 N–H and O–H groups in total. The van der Waals surface area contributed by atoms with Gasteiger partial charge in [0.25, 0.3) is 0 Å². The van der Waals surface area contributed by atoms with E-state index in [0.29, 0.717) is 6.42 Å². The molecule has 0 aromatic heterocycles. The summed E-state index contributed by atoms with van der Waals surface area (Å²) in [6.45, 7) is 1.70. The Morgan fingerprint density at radius 2 is 0.600 bits per heavy atom. The molecule has 3 nitrogen and oxygen atoms in total. The molecule has 6 rings (SSSR count). The quantitative estimate of drug-likeness (QED) is 0.0748. The second-order valence-corrected chi connectivity index (χ2v) is 14.1. The summed E-state index contributed by atoms with van der Waals surface area (Å²) in [5, 5.41) is 24.2.